The first kappa shape index (κ1) is 20.4. The Morgan fingerprint density at radius 2 is 1.93 bits per heavy atom. The molecule has 1 heterocycles. The van der Waals surface area contributed by atoms with E-state index in [4.69, 9.17) is 4.74 Å². The van der Waals surface area contributed by atoms with E-state index in [2.05, 4.69) is 5.32 Å². The van der Waals surface area contributed by atoms with Crippen LogP contribution in [0.3, 0.4) is 0 Å². The average molecular weight is 403 g/mol. The van der Waals surface area contributed by atoms with Gasteiger partial charge in [-0.1, -0.05) is 19.1 Å². The molecule has 1 aliphatic heterocycles. The van der Waals surface area contributed by atoms with E-state index in [1.54, 1.807) is 24.3 Å². The molecule has 1 fully saturated rings. The Hall–Kier alpha value is -2.38. The lowest BCUT2D eigenvalue weighted by atomic mass is 10.2. The standard InChI is InChI=1S/C21H26N2O4S/c1-3-14-28(25,26)23-13-5-8-20(23)21(24)22-17-9-11-18(12-10-17)27-19-7-4-6-16(2)15-19/h4,6-7,9-12,15,20H,3,5,8,13-14H2,1-2H3,(H,22,24). The van der Waals surface area contributed by atoms with Crippen LogP contribution in [0, 0.1) is 6.92 Å². The summed E-state index contributed by atoms with van der Waals surface area (Å²) in [6.07, 6.45) is 1.78. The van der Waals surface area contributed by atoms with Crippen LogP contribution in [0.15, 0.2) is 48.5 Å². The largest absolute Gasteiger partial charge is 0.457 e. The van der Waals surface area contributed by atoms with Gasteiger partial charge in [-0.05, 0) is 68.1 Å². The monoisotopic (exact) mass is 402 g/mol. The smallest absolute Gasteiger partial charge is 0.242 e. The van der Waals surface area contributed by atoms with E-state index in [-0.39, 0.29) is 11.7 Å². The van der Waals surface area contributed by atoms with Gasteiger partial charge in [0.1, 0.15) is 17.5 Å². The van der Waals surface area contributed by atoms with Gasteiger partial charge in [-0.25, -0.2) is 8.42 Å². The Morgan fingerprint density at radius 3 is 2.61 bits per heavy atom. The number of nitrogens with zero attached hydrogens (tertiary/aromatic N) is 1. The van der Waals surface area contributed by atoms with Gasteiger partial charge >= 0.3 is 0 Å². The van der Waals surface area contributed by atoms with Crippen molar-refractivity contribution in [1.29, 1.82) is 0 Å². The molecule has 1 aliphatic rings. The van der Waals surface area contributed by atoms with Crippen LogP contribution in [0.2, 0.25) is 0 Å². The highest BCUT2D eigenvalue weighted by Crippen LogP contribution is 2.26. The van der Waals surface area contributed by atoms with E-state index >= 15 is 0 Å². The molecule has 0 radical (unpaired) electrons. The number of sulfonamides is 1. The van der Waals surface area contributed by atoms with Gasteiger partial charge in [-0.3, -0.25) is 4.79 Å². The lowest BCUT2D eigenvalue weighted by molar-refractivity contribution is -0.119. The Kier molecular flexibility index (Phi) is 6.36. The highest BCUT2D eigenvalue weighted by molar-refractivity contribution is 7.89. The highest BCUT2D eigenvalue weighted by atomic mass is 32.2. The first-order valence-corrected chi connectivity index (χ1v) is 11.1. The molecule has 150 valence electrons. The summed E-state index contributed by atoms with van der Waals surface area (Å²) in [5.74, 6) is 1.20. The summed E-state index contributed by atoms with van der Waals surface area (Å²) in [7, 11) is -3.39. The second kappa shape index (κ2) is 8.75. The minimum Gasteiger partial charge on any atom is -0.457 e. The summed E-state index contributed by atoms with van der Waals surface area (Å²) in [6.45, 7) is 4.23. The predicted molar refractivity (Wildman–Crippen MR) is 110 cm³/mol. The number of hydrogen-bond acceptors (Lipinski definition) is 4. The van der Waals surface area contributed by atoms with Gasteiger partial charge in [-0.2, -0.15) is 4.31 Å². The van der Waals surface area contributed by atoms with E-state index in [9.17, 15) is 13.2 Å². The van der Waals surface area contributed by atoms with Gasteiger partial charge in [-0.15, -0.1) is 0 Å². The van der Waals surface area contributed by atoms with Crippen LogP contribution in [-0.4, -0.2) is 37.0 Å². The third-order valence-electron chi connectivity index (χ3n) is 4.67. The first-order valence-electron chi connectivity index (χ1n) is 9.54. The van der Waals surface area contributed by atoms with Crippen LogP contribution in [-0.2, 0) is 14.8 Å². The van der Waals surface area contributed by atoms with Gasteiger partial charge in [0.05, 0.1) is 5.75 Å². The SMILES string of the molecule is CCCS(=O)(=O)N1CCCC1C(=O)Nc1ccc(Oc2cccc(C)c2)cc1. The van der Waals surface area contributed by atoms with E-state index in [1.807, 2.05) is 38.1 Å². The van der Waals surface area contributed by atoms with Crippen LogP contribution in [0.5, 0.6) is 11.5 Å². The topological polar surface area (TPSA) is 75.7 Å². The van der Waals surface area contributed by atoms with Crippen molar-refractivity contribution in [3.63, 3.8) is 0 Å². The van der Waals surface area contributed by atoms with E-state index in [1.165, 1.54) is 4.31 Å². The maximum Gasteiger partial charge on any atom is 0.242 e. The van der Waals surface area contributed by atoms with Crippen molar-refractivity contribution in [1.82, 2.24) is 4.31 Å². The average Bonchev–Trinajstić information content (AvgIpc) is 3.14. The number of rotatable bonds is 7. The molecule has 0 saturated carbocycles. The normalized spacial score (nSPS) is 17.4. The molecule has 0 bridgehead atoms. The Balaban J connectivity index is 1.64. The first-order chi connectivity index (χ1) is 13.4. The zero-order chi connectivity index (χ0) is 20.1. The molecule has 28 heavy (non-hydrogen) atoms. The van der Waals surface area contributed by atoms with Crippen molar-refractivity contribution < 1.29 is 17.9 Å². The van der Waals surface area contributed by atoms with Crippen molar-refractivity contribution in [2.45, 2.75) is 39.2 Å². The van der Waals surface area contributed by atoms with E-state index < -0.39 is 16.1 Å². The lowest BCUT2D eigenvalue weighted by Crippen LogP contribution is -2.44. The maximum atomic E-state index is 12.6. The summed E-state index contributed by atoms with van der Waals surface area (Å²) in [5, 5.41) is 2.83. The Morgan fingerprint density at radius 1 is 1.18 bits per heavy atom. The summed E-state index contributed by atoms with van der Waals surface area (Å²) in [4.78, 5) is 12.6. The molecule has 0 aromatic heterocycles. The number of aryl methyl sites for hydroxylation is 1. The predicted octanol–water partition coefficient (Wildman–Crippen LogP) is 3.93. The summed E-state index contributed by atoms with van der Waals surface area (Å²) >= 11 is 0. The number of hydrogen-bond donors (Lipinski definition) is 1. The molecule has 3 rings (SSSR count). The van der Waals surface area contributed by atoms with E-state index in [0.717, 1.165) is 11.3 Å². The van der Waals surface area contributed by atoms with Crippen LogP contribution >= 0.6 is 0 Å². The molecule has 1 unspecified atom stereocenters. The Labute approximate surface area is 166 Å². The Bertz CT molecular complexity index is 926. The number of ether oxygens (including phenoxy) is 1. The molecule has 1 amide bonds. The second-order valence-electron chi connectivity index (χ2n) is 7.02. The molecule has 7 heteroatoms. The molecule has 2 aromatic carbocycles. The van der Waals surface area contributed by atoms with Gasteiger partial charge < -0.3 is 10.1 Å². The summed E-state index contributed by atoms with van der Waals surface area (Å²) < 4.78 is 31.9. The lowest BCUT2D eigenvalue weighted by Gasteiger charge is -2.23. The molecule has 1 saturated heterocycles. The second-order valence-corrected chi connectivity index (χ2v) is 9.06. The van der Waals surface area contributed by atoms with Crippen molar-refractivity contribution in [3.8, 4) is 11.5 Å². The van der Waals surface area contributed by atoms with Gasteiger partial charge in [0.15, 0.2) is 0 Å². The van der Waals surface area contributed by atoms with E-state index in [0.29, 0.717) is 37.2 Å². The quantitative estimate of drug-likeness (QED) is 0.761. The maximum absolute atomic E-state index is 12.6. The van der Waals surface area contributed by atoms with Gasteiger partial charge in [0.25, 0.3) is 0 Å². The van der Waals surface area contributed by atoms with Crippen LogP contribution in [0.25, 0.3) is 0 Å². The van der Waals surface area contributed by atoms with Gasteiger partial charge in [0.2, 0.25) is 15.9 Å². The molecular weight excluding hydrogens is 376 g/mol. The fraction of sp³-hybridized carbons (Fsp3) is 0.381. The molecule has 1 N–H and O–H groups in total. The highest BCUT2D eigenvalue weighted by Gasteiger charge is 2.38. The number of anilines is 1. The number of carbonyl (C=O) groups excluding carboxylic acids is 1. The van der Waals surface area contributed by atoms with Crippen LogP contribution in [0.4, 0.5) is 5.69 Å². The number of carbonyl (C=O) groups is 1. The summed E-state index contributed by atoms with van der Waals surface area (Å²) in [6, 6.07) is 14.2. The minimum absolute atomic E-state index is 0.0712. The zero-order valence-corrected chi connectivity index (χ0v) is 17.0. The third kappa shape index (κ3) is 4.91. The zero-order valence-electron chi connectivity index (χ0n) is 16.2. The number of nitrogens with one attached hydrogen (secondary N) is 1. The molecule has 0 spiro atoms. The van der Waals surface area contributed by atoms with Crippen molar-refractivity contribution in [2.75, 3.05) is 17.6 Å². The van der Waals surface area contributed by atoms with Crippen molar-refractivity contribution in [3.05, 3.63) is 54.1 Å². The fourth-order valence-electron chi connectivity index (χ4n) is 3.36. The third-order valence-corrected chi connectivity index (χ3v) is 6.75. The number of benzene rings is 2. The van der Waals surface area contributed by atoms with Crippen LogP contribution in [0.1, 0.15) is 31.7 Å². The van der Waals surface area contributed by atoms with Gasteiger partial charge in [0, 0.05) is 12.2 Å². The van der Waals surface area contributed by atoms with Crippen molar-refractivity contribution in [2.24, 2.45) is 0 Å². The fourth-order valence-corrected chi connectivity index (χ4v) is 5.10. The molecule has 0 aliphatic carbocycles. The molecular formula is C21H26N2O4S. The summed E-state index contributed by atoms with van der Waals surface area (Å²) in [5.41, 5.74) is 1.72. The minimum atomic E-state index is -3.39. The number of amides is 1. The van der Waals surface area contributed by atoms with Crippen LogP contribution < -0.4 is 10.1 Å². The molecule has 6 nitrogen and oxygen atoms in total. The molecule has 2 aromatic rings. The van der Waals surface area contributed by atoms with Crippen molar-refractivity contribution >= 4 is 21.6 Å². The molecule has 1 atom stereocenters.